The van der Waals surface area contributed by atoms with Crippen molar-refractivity contribution in [2.75, 3.05) is 38.7 Å². The van der Waals surface area contributed by atoms with Gasteiger partial charge < -0.3 is 29.5 Å². The van der Waals surface area contributed by atoms with Gasteiger partial charge in [0.25, 0.3) is 0 Å². The minimum absolute atomic E-state index is 0.203. The van der Waals surface area contributed by atoms with Gasteiger partial charge in [0.2, 0.25) is 0 Å². The van der Waals surface area contributed by atoms with Gasteiger partial charge in [0, 0.05) is 59.5 Å². The van der Waals surface area contributed by atoms with E-state index in [1.807, 2.05) is 24.4 Å². The second-order valence-corrected chi connectivity index (χ2v) is 18.3. The molecule has 10 heteroatoms. The number of nitrogens with zero attached hydrogens (tertiary/aromatic N) is 2. The van der Waals surface area contributed by atoms with Crippen molar-refractivity contribution in [1.82, 2.24) is 9.88 Å². The van der Waals surface area contributed by atoms with Crippen molar-refractivity contribution in [1.29, 1.82) is 0 Å². The summed E-state index contributed by atoms with van der Waals surface area (Å²) >= 11 is 6.32. The van der Waals surface area contributed by atoms with E-state index in [1.165, 1.54) is 28.8 Å². The number of anilines is 1. The highest BCUT2D eigenvalue weighted by molar-refractivity contribution is 6.30. The Bertz CT molecular complexity index is 1920. The van der Waals surface area contributed by atoms with Crippen molar-refractivity contribution in [3.8, 4) is 17.2 Å². The molecule has 5 aliphatic rings. The number of fused-ring (bicyclic) bond motifs is 4. The number of halogens is 1. The Kier molecular flexibility index (Phi) is 11.3. The summed E-state index contributed by atoms with van der Waals surface area (Å²) in [5.74, 6) is 3.38. The number of carboxylic acids is 1. The van der Waals surface area contributed by atoms with E-state index in [4.69, 9.17) is 25.8 Å². The van der Waals surface area contributed by atoms with Crippen LogP contribution in [0.1, 0.15) is 113 Å². The predicted molar refractivity (Wildman–Crippen MR) is 218 cm³/mol. The van der Waals surface area contributed by atoms with Gasteiger partial charge in [-0.1, -0.05) is 31.5 Å². The van der Waals surface area contributed by atoms with Gasteiger partial charge in [0.05, 0.1) is 19.8 Å². The lowest BCUT2D eigenvalue weighted by Crippen LogP contribution is -2.53. The third-order valence-electron chi connectivity index (χ3n) is 14.0. The van der Waals surface area contributed by atoms with E-state index >= 15 is 0 Å². The topological polar surface area (TPSA) is 110 Å². The van der Waals surface area contributed by atoms with E-state index in [1.54, 1.807) is 12.1 Å². The standard InChI is InChI=1S/C46H58ClN3O6/c1-29(26-54-40-14-19-48-39-9-4-6-30(2)43(39)40)20-33-21-32-22-41-42(56-28-31(27-55-41)25-50(3)36-10-12-37(51)13-11-36)24-38(32)45(33)15-17-46(18-16-45,44(52)53)49-35-8-5-7-34(47)23-35/h5,7-8,14,19,22-24,29-31,33,36,49H,4,6,9-13,15-18,20-21,25-28H2,1-3H3,(H,52,53)/t29-,30-,31?,33?,45?,46?/m1/s1. The SMILES string of the molecule is C[C@@H](COc1ccnc2c1[C@H](C)CCC2)CC1Cc2cc3c(cc2C12CCC(Nc1cccc(Cl)c1)(C(=O)O)CC2)OCC(CN(C)C1CCC(=O)CC1)CO3. The van der Waals surface area contributed by atoms with E-state index in [0.717, 1.165) is 80.8 Å². The number of aromatic nitrogens is 1. The van der Waals surface area contributed by atoms with Crippen molar-refractivity contribution >= 4 is 29.0 Å². The lowest BCUT2D eigenvalue weighted by Gasteiger charge is -2.47. The molecule has 4 atom stereocenters. The minimum atomic E-state index is -1.09. The van der Waals surface area contributed by atoms with Crippen LogP contribution in [0.5, 0.6) is 17.2 Å². The van der Waals surface area contributed by atoms with Gasteiger partial charge in [-0.25, -0.2) is 4.79 Å². The molecule has 2 N–H and O–H groups in total. The summed E-state index contributed by atoms with van der Waals surface area (Å²) in [6, 6.07) is 14.3. The fourth-order valence-electron chi connectivity index (χ4n) is 10.8. The second-order valence-electron chi connectivity index (χ2n) is 17.8. The summed E-state index contributed by atoms with van der Waals surface area (Å²) in [6.07, 6.45) is 12.8. The number of carboxylic acid groups (broad SMARTS) is 1. The lowest BCUT2D eigenvalue weighted by molar-refractivity contribution is -0.144. The smallest absolute Gasteiger partial charge is 0.329 e. The Balaban J connectivity index is 1.02. The van der Waals surface area contributed by atoms with Gasteiger partial charge in [-0.15, -0.1) is 0 Å². The second kappa shape index (κ2) is 16.2. The quantitative estimate of drug-likeness (QED) is 0.197. The molecule has 2 unspecified atom stereocenters. The molecule has 9 nitrogen and oxygen atoms in total. The van der Waals surface area contributed by atoms with Crippen LogP contribution in [0.15, 0.2) is 48.7 Å². The molecule has 0 radical (unpaired) electrons. The number of benzene rings is 2. The van der Waals surface area contributed by atoms with Gasteiger partial charge in [-0.3, -0.25) is 9.78 Å². The number of hydrogen-bond donors (Lipinski definition) is 2. The first-order valence-corrected chi connectivity index (χ1v) is 21.4. The Hall–Kier alpha value is -3.82. The molecule has 2 heterocycles. The summed E-state index contributed by atoms with van der Waals surface area (Å²) in [4.78, 5) is 32.0. The van der Waals surface area contributed by atoms with Crippen LogP contribution in [0, 0.1) is 17.8 Å². The predicted octanol–water partition coefficient (Wildman–Crippen LogP) is 9.03. The first kappa shape index (κ1) is 39.0. The molecule has 2 saturated carbocycles. The highest BCUT2D eigenvalue weighted by Crippen LogP contribution is 2.58. The molecule has 2 aromatic carbocycles. The van der Waals surface area contributed by atoms with Crippen molar-refractivity contribution < 1.29 is 28.9 Å². The normalized spacial score (nSPS) is 28.0. The number of ether oxygens (including phenoxy) is 3. The molecule has 1 aromatic heterocycles. The number of carbonyl (C=O) groups excluding carboxylic acids is 1. The number of hydrogen-bond acceptors (Lipinski definition) is 8. The van der Waals surface area contributed by atoms with Gasteiger partial charge in [0.1, 0.15) is 17.1 Å². The van der Waals surface area contributed by atoms with Crippen LogP contribution in [0.3, 0.4) is 0 Å². The van der Waals surface area contributed by atoms with Gasteiger partial charge in [0.15, 0.2) is 11.5 Å². The van der Waals surface area contributed by atoms with Crippen LogP contribution in [0.2, 0.25) is 5.02 Å². The molecule has 1 spiro atoms. The van der Waals surface area contributed by atoms with E-state index < -0.39 is 11.5 Å². The summed E-state index contributed by atoms with van der Waals surface area (Å²) in [6.45, 7) is 7.20. The molecule has 2 fully saturated rings. The van der Waals surface area contributed by atoms with Crippen LogP contribution >= 0.6 is 11.6 Å². The number of ketones is 1. The molecule has 0 saturated heterocycles. The van der Waals surface area contributed by atoms with E-state index in [-0.39, 0.29) is 17.3 Å². The van der Waals surface area contributed by atoms with Crippen LogP contribution in [0.4, 0.5) is 5.69 Å². The number of pyridine rings is 1. The summed E-state index contributed by atoms with van der Waals surface area (Å²) in [5.41, 5.74) is 4.47. The average molecular weight is 784 g/mol. The average Bonchev–Trinajstić information content (AvgIpc) is 3.31. The van der Waals surface area contributed by atoms with Crippen molar-refractivity contribution in [2.24, 2.45) is 17.8 Å². The number of nitrogens with one attached hydrogen (secondary N) is 1. The Labute approximate surface area is 336 Å². The number of carbonyl (C=O) groups is 2. The summed E-state index contributed by atoms with van der Waals surface area (Å²) in [7, 11) is 2.16. The number of aryl methyl sites for hydroxylation is 1. The van der Waals surface area contributed by atoms with Gasteiger partial charge in [-0.05, 0) is 148 Å². The molecule has 0 bridgehead atoms. The maximum Gasteiger partial charge on any atom is 0.329 e. The van der Waals surface area contributed by atoms with Gasteiger partial charge in [-0.2, -0.15) is 0 Å². The first-order chi connectivity index (χ1) is 27.0. The van der Waals surface area contributed by atoms with Crippen molar-refractivity contribution in [3.05, 3.63) is 76.1 Å². The molecule has 8 rings (SSSR count). The number of aliphatic carboxylic acids is 1. The molecule has 300 valence electrons. The Morgan fingerprint density at radius 2 is 1.80 bits per heavy atom. The van der Waals surface area contributed by atoms with Gasteiger partial charge >= 0.3 is 5.97 Å². The molecule has 56 heavy (non-hydrogen) atoms. The molecular weight excluding hydrogens is 726 g/mol. The van der Waals surface area contributed by atoms with E-state index in [2.05, 4.69) is 48.2 Å². The largest absolute Gasteiger partial charge is 0.493 e. The molecule has 3 aromatic rings. The van der Waals surface area contributed by atoms with Crippen LogP contribution in [-0.2, 0) is 27.8 Å². The maximum atomic E-state index is 13.1. The fraction of sp³-hybridized carbons (Fsp3) is 0.587. The molecule has 0 amide bonds. The fourth-order valence-corrected chi connectivity index (χ4v) is 11.0. The van der Waals surface area contributed by atoms with Crippen LogP contribution in [-0.4, -0.2) is 71.7 Å². The lowest BCUT2D eigenvalue weighted by atomic mass is 9.59. The highest BCUT2D eigenvalue weighted by atomic mass is 35.5. The Morgan fingerprint density at radius 3 is 2.54 bits per heavy atom. The number of Topliss-reactive ketones (excluding diaryl/α,β-unsaturated/α-hetero) is 1. The third-order valence-corrected chi connectivity index (χ3v) is 14.2. The zero-order valence-electron chi connectivity index (χ0n) is 33.3. The number of rotatable bonds is 11. The van der Waals surface area contributed by atoms with Crippen LogP contribution < -0.4 is 19.5 Å². The van der Waals surface area contributed by atoms with E-state index in [9.17, 15) is 14.7 Å². The van der Waals surface area contributed by atoms with Crippen molar-refractivity contribution in [3.63, 3.8) is 0 Å². The van der Waals surface area contributed by atoms with Crippen LogP contribution in [0.25, 0.3) is 0 Å². The zero-order chi connectivity index (χ0) is 39.0. The molecule has 1 aliphatic heterocycles. The van der Waals surface area contributed by atoms with Crippen molar-refractivity contribution in [2.45, 2.75) is 120 Å². The molecular formula is C46H58ClN3O6. The summed E-state index contributed by atoms with van der Waals surface area (Å²) < 4.78 is 19.8. The zero-order valence-corrected chi connectivity index (χ0v) is 34.0. The maximum absolute atomic E-state index is 13.1. The molecule has 4 aliphatic carbocycles. The van der Waals surface area contributed by atoms with E-state index in [0.29, 0.717) is 74.2 Å². The third kappa shape index (κ3) is 7.87. The Morgan fingerprint density at radius 1 is 1.05 bits per heavy atom. The minimum Gasteiger partial charge on any atom is -0.493 e. The summed E-state index contributed by atoms with van der Waals surface area (Å²) in [5, 5.41) is 14.7. The first-order valence-electron chi connectivity index (χ1n) is 21.0. The highest BCUT2D eigenvalue weighted by Gasteiger charge is 2.54. The monoisotopic (exact) mass is 783 g/mol.